The maximum Gasteiger partial charge on any atom is 0.419 e. The number of urea groups is 1. The van der Waals surface area contributed by atoms with E-state index in [1.807, 2.05) is 55.5 Å². The van der Waals surface area contributed by atoms with Crippen LogP contribution >= 0.6 is 0 Å². The van der Waals surface area contributed by atoms with Crippen LogP contribution in [0.5, 0.6) is 23.0 Å². The summed E-state index contributed by atoms with van der Waals surface area (Å²) in [4.78, 5) is 17.0. The number of hydrogen-bond acceptors (Lipinski definition) is 5. The van der Waals surface area contributed by atoms with Crippen LogP contribution in [0.3, 0.4) is 0 Å². The minimum Gasteiger partial charge on any atom is -0.493 e. The van der Waals surface area contributed by atoms with Crippen LogP contribution in [0.2, 0.25) is 0 Å². The standard InChI is InChI=1S/C33H27F4N3O4/c1-20-29(16-22-17-30(42-2)31(19-28(22)38-20)43-15-14-21-6-4-3-5-7-21)44-25-11-8-23(9-12-25)39-32(41)40-24-10-13-27(34)26(18-24)33(35,36)37/h3-13,16-19H,14-15H2,1-2H3,(H2,39,40,41). The highest BCUT2D eigenvalue weighted by atomic mass is 19.4. The van der Waals surface area contributed by atoms with Gasteiger partial charge in [0.05, 0.1) is 30.5 Å². The number of aryl methyl sites for hydroxylation is 1. The van der Waals surface area contributed by atoms with Crippen LogP contribution < -0.4 is 24.8 Å². The van der Waals surface area contributed by atoms with E-state index in [2.05, 4.69) is 15.6 Å². The Bertz CT molecular complexity index is 1780. The fourth-order valence-electron chi connectivity index (χ4n) is 4.40. The number of nitrogens with one attached hydrogen (secondary N) is 2. The summed E-state index contributed by atoms with van der Waals surface area (Å²) in [5.74, 6) is 0.687. The van der Waals surface area contributed by atoms with Gasteiger partial charge in [0, 0.05) is 29.2 Å². The van der Waals surface area contributed by atoms with E-state index in [0.29, 0.717) is 58.6 Å². The Morgan fingerprint density at radius 3 is 2.23 bits per heavy atom. The largest absolute Gasteiger partial charge is 0.493 e. The molecule has 0 aliphatic carbocycles. The molecule has 2 amide bonds. The van der Waals surface area contributed by atoms with Gasteiger partial charge in [-0.3, -0.25) is 0 Å². The third-order valence-electron chi connectivity index (χ3n) is 6.61. The second-order valence-electron chi connectivity index (χ2n) is 9.75. The van der Waals surface area contributed by atoms with Gasteiger partial charge in [-0.1, -0.05) is 30.3 Å². The van der Waals surface area contributed by atoms with Crippen LogP contribution in [0.4, 0.5) is 33.7 Å². The summed E-state index contributed by atoms with van der Waals surface area (Å²) in [6.45, 7) is 2.29. The molecule has 1 aromatic heterocycles. The lowest BCUT2D eigenvalue weighted by atomic mass is 10.1. The van der Waals surface area contributed by atoms with E-state index >= 15 is 0 Å². The summed E-state index contributed by atoms with van der Waals surface area (Å²) in [6, 6.07) is 23.3. The van der Waals surface area contributed by atoms with E-state index in [-0.39, 0.29) is 5.69 Å². The number of anilines is 2. The van der Waals surface area contributed by atoms with Gasteiger partial charge in [0.1, 0.15) is 17.3 Å². The summed E-state index contributed by atoms with van der Waals surface area (Å²) in [7, 11) is 1.57. The average Bonchev–Trinajstić information content (AvgIpc) is 2.99. The van der Waals surface area contributed by atoms with E-state index in [1.165, 1.54) is 5.56 Å². The summed E-state index contributed by atoms with van der Waals surface area (Å²) in [5, 5.41) is 5.56. The Morgan fingerprint density at radius 1 is 0.841 bits per heavy atom. The monoisotopic (exact) mass is 605 g/mol. The predicted octanol–water partition coefficient (Wildman–Crippen LogP) is 8.77. The van der Waals surface area contributed by atoms with Gasteiger partial charge in [-0.05, 0) is 67.1 Å². The molecule has 5 rings (SSSR count). The average molecular weight is 606 g/mol. The van der Waals surface area contributed by atoms with Gasteiger partial charge in [0.2, 0.25) is 0 Å². The number of methoxy groups -OCH3 is 1. The molecule has 0 saturated carbocycles. The molecule has 0 aliphatic rings. The maximum absolute atomic E-state index is 13.5. The van der Waals surface area contributed by atoms with Gasteiger partial charge in [-0.2, -0.15) is 13.2 Å². The third-order valence-corrected chi connectivity index (χ3v) is 6.61. The molecule has 226 valence electrons. The molecule has 0 saturated heterocycles. The smallest absolute Gasteiger partial charge is 0.419 e. The molecule has 4 aromatic carbocycles. The topological polar surface area (TPSA) is 81.7 Å². The minimum absolute atomic E-state index is 0.210. The number of halogens is 4. The van der Waals surface area contributed by atoms with E-state index < -0.39 is 23.6 Å². The van der Waals surface area contributed by atoms with E-state index in [1.54, 1.807) is 31.4 Å². The molecule has 0 unspecified atom stereocenters. The van der Waals surface area contributed by atoms with Gasteiger partial charge >= 0.3 is 12.2 Å². The van der Waals surface area contributed by atoms with Crippen molar-refractivity contribution < 1.29 is 36.6 Å². The molecule has 0 spiro atoms. The molecule has 11 heteroatoms. The number of alkyl halides is 3. The van der Waals surface area contributed by atoms with Gasteiger partial charge in [-0.15, -0.1) is 0 Å². The Labute approximate surface area is 250 Å². The van der Waals surface area contributed by atoms with Crippen molar-refractivity contribution in [3.63, 3.8) is 0 Å². The fourth-order valence-corrected chi connectivity index (χ4v) is 4.40. The molecular weight excluding hydrogens is 578 g/mol. The Morgan fingerprint density at radius 2 is 1.52 bits per heavy atom. The zero-order valence-electron chi connectivity index (χ0n) is 23.7. The number of ether oxygens (including phenoxy) is 3. The first-order valence-corrected chi connectivity index (χ1v) is 13.5. The van der Waals surface area contributed by atoms with E-state index in [4.69, 9.17) is 14.2 Å². The zero-order chi connectivity index (χ0) is 31.3. The quantitative estimate of drug-likeness (QED) is 0.164. The van der Waals surface area contributed by atoms with Crippen LogP contribution in [0.15, 0.2) is 91.0 Å². The van der Waals surface area contributed by atoms with Crippen molar-refractivity contribution in [2.75, 3.05) is 24.4 Å². The van der Waals surface area contributed by atoms with Crippen LogP contribution in [-0.4, -0.2) is 24.7 Å². The first-order chi connectivity index (χ1) is 21.1. The second-order valence-corrected chi connectivity index (χ2v) is 9.75. The number of aromatic nitrogens is 1. The van der Waals surface area contributed by atoms with Crippen molar-refractivity contribution in [1.82, 2.24) is 4.98 Å². The third kappa shape index (κ3) is 7.35. The number of rotatable bonds is 9. The number of amides is 2. The number of benzene rings is 4. The lowest BCUT2D eigenvalue weighted by Gasteiger charge is -2.14. The van der Waals surface area contributed by atoms with Crippen molar-refractivity contribution in [2.45, 2.75) is 19.5 Å². The number of carbonyl (C=O) groups is 1. The first kappa shape index (κ1) is 30.1. The number of fused-ring (bicyclic) bond motifs is 1. The van der Waals surface area contributed by atoms with Crippen molar-refractivity contribution in [3.05, 3.63) is 114 Å². The van der Waals surface area contributed by atoms with Gasteiger partial charge in [0.15, 0.2) is 11.5 Å². The summed E-state index contributed by atoms with van der Waals surface area (Å²) < 4.78 is 70.0. The molecule has 0 bridgehead atoms. The highest BCUT2D eigenvalue weighted by Gasteiger charge is 2.34. The van der Waals surface area contributed by atoms with Crippen molar-refractivity contribution in [3.8, 4) is 23.0 Å². The van der Waals surface area contributed by atoms with E-state index in [9.17, 15) is 22.4 Å². The SMILES string of the molecule is COc1cc2cc(Oc3ccc(NC(=O)Nc4ccc(F)c(C(F)(F)F)c4)cc3)c(C)nc2cc1OCCc1ccccc1. The molecule has 2 N–H and O–H groups in total. The zero-order valence-corrected chi connectivity index (χ0v) is 23.7. The summed E-state index contributed by atoms with van der Waals surface area (Å²) in [6.07, 6.45) is -4.14. The normalized spacial score (nSPS) is 11.2. The number of carbonyl (C=O) groups excluding carboxylic acids is 1. The van der Waals surface area contributed by atoms with Gasteiger partial charge in [0.25, 0.3) is 0 Å². The van der Waals surface area contributed by atoms with Crippen LogP contribution in [0.1, 0.15) is 16.8 Å². The molecule has 0 radical (unpaired) electrons. The van der Waals surface area contributed by atoms with Crippen molar-refractivity contribution >= 4 is 28.3 Å². The number of nitrogens with zero attached hydrogens (tertiary/aromatic N) is 1. The molecule has 1 heterocycles. The Kier molecular flexibility index (Phi) is 8.84. The van der Waals surface area contributed by atoms with Crippen LogP contribution in [0, 0.1) is 12.7 Å². The second kappa shape index (κ2) is 12.9. The van der Waals surface area contributed by atoms with Crippen molar-refractivity contribution in [2.24, 2.45) is 0 Å². The molecule has 0 aliphatic heterocycles. The molecular formula is C33H27F4N3O4. The molecule has 44 heavy (non-hydrogen) atoms. The molecule has 5 aromatic rings. The molecule has 7 nitrogen and oxygen atoms in total. The minimum atomic E-state index is -4.89. The summed E-state index contributed by atoms with van der Waals surface area (Å²) >= 11 is 0. The van der Waals surface area contributed by atoms with Gasteiger partial charge in [-0.25, -0.2) is 14.2 Å². The highest BCUT2D eigenvalue weighted by Crippen LogP contribution is 2.36. The lowest BCUT2D eigenvalue weighted by molar-refractivity contribution is -0.139. The fraction of sp³-hybridized carbons (Fsp3) is 0.152. The summed E-state index contributed by atoms with van der Waals surface area (Å²) in [5.41, 5.74) is 1.18. The van der Waals surface area contributed by atoms with Crippen LogP contribution in [0.25, 0.3) is 10.9 Å². The molecule has 0 atom stereocenters. The van der Waals surface area contributed by atoms with Gasteiger partial charge < -0.3 is 24.8 Å². The predicted molar refractivity (Wildman–Crippen MR) is 159 cm³/mol. The van der Waals surface area contributed by atoms with E-state index in [0.717, 1.165) is 17.9 Å². The highest BCUT2D eigenvalue weighted by molar-refractivity contribution is 5.99. The van der Waals surface area contributed by atoms with Crippen molar-refractivity contribution in [1.29, 1.82) is 0 Å². The number of pyridine rings is 1. The first-order valence-electron chi connectivity index (χ1n) is 13.5. The lowest BCUT2D eigenvalue weighted by Crippen LogP contribution is -2.20. The maximum atomic E-state index is 13.5. The van der Waals surface area contributed by atoms with Crippen LogP contribution in [-0.2, 0) is 12.6 Å². The molecule has 0 fully saturated rings. The Balaban J connectivity index is 1.23. The number of hydrogen-bond donors (Lipinski definition) is 2. The Hall–Kier alpha value is -5.32.